The first kappa shape index (κ1) is 13.2. The standard InChI is InChI=1S/C15H15BrN4/c1-20-15-4-2-3-13(11(15)9-18-20)19-14-6-5-10(8-17)7-12(14)16/h5-7,9,13,19H,2-4H2,1H3. The average Bonchev–Trinajstić information content (AvgIpc) is 2.84. The van der Waals surface area contributed by atoms with Gasteiger partial charge in [0.15, 0.2) is 0 Å². The molecule has 1 unspecified atom stereocenters. The maximum Gasteiger partial charge on any atom is 0.0992 e. The normalized spacial score (nSPS) is 17.4. The summed E-state index contributed by atoms with van der Waals surface area (Å²) in [5.41, 5.74) is 4.28. The molecule has 1 N–H and O–H groups in total. The molecule has 4 nitrogen and oxygen atoms in total. The van der Waals surface area contributed by atoms with Gasteiger partial charge in [-0.3, -0.25) is 4.68 Å². The van der Waals surface area contributed by atoms with Gasteiger partial charge >= 0.3 is 0 Å². The SMILES string of the molecule is Cn1ncc2c1CCCC2Nc1ccc(C#N)cc1Br. The number of anilines is 1. The van der Waals surface area contributed by atoms with E-state index in [0.717, 1.165) is 29.4 Å². The van der Waals surface area contributed by atoms with Gasteiger partial charge < -0.3 is 5.32 Å². The lowest BCUT2D eigenvalue weighted by atomic mass is 9.93. The van der Waals surface area contributed by atoms with Crippen molar-refractivity contribution in [1.82, 2.24) is 9.78 Å². The van der Waals surface area contributed by atoms with Crippen LogP contribution in [0.5, 0.6) is 0 Å². The van der Waals surface area contributed by atoms with E-state index in [2.05, 4.69) is 32.4 Å². The Labute approximate surface area is 126 Å². The van der Waals surface area contributed by atoms with Gasteiger partial charge in [0.05, 0.1) is 23.9 Å². The van der Waals surface area contributed by atoms with E-state index >= 15 is 0 Å². The molecule has 0 aliphatic heterocycles. The van der Waals surface area contributed by atoms with Crippen LogP contribution >= 0.6 is 15.9 Å². The topological polar surface area (TPSA) is 53.6 Å². The molecule has 2 aromatic rings. The number of nitriles is 1. The van der Waals surface area contributed by atoms with Crippen molar-refractivity contribution in [2.45, 2.75) is 25.3 Å². The third-order valence-electron chi connectivity index (χ3n) is 3.80. The zero-order valence-electron chi connectivity index (χ0n) is 11.2. The maximum atomic E-state index is 8.91. The molecular formula is C15H15BrN4. The van der Waals surface area contributed by atoms with Crippen LogP contribution in [0, 0.1) is 11.3 Å². The van der Waals surface area contributed by atoms with E-state index in [-0.39, 0.29) is 6.04 Å². The van der Waals surface area contributed by atoms with Crippen LogP contribution in [0.2, 0.25) is 0 Å². The molecule has 5 heteroatoms. The molecule has 1 aliphatic carbocycles. The molecule has 20 heavy (non-hydrogen) atoms. The highest BCUT2D eigenvalue weighted by Crippen LogP contribution is 2.34. The molecule has 0 spiro atoms. The van der Waals surface area contributed by atoms with Gasteiger partial charge in [0.1, 0.15) is 0 Å². The Balaban J connectivity index is 1.88. The maximum absolute atomic E-state index is 8.91. The van der Waals surface area contributed by atoms with Crippen LogP contribution in [0.25, 0.3) is 0 Å². The van der Waals surface area contributed by atoms with E-state index in [1.54, 1.807) is 0 Å². The molecule has 1 atom stereocenters. The summed E-state index contributed by atoms with van der Waals surface area (Å²) < 4.78 is 2.89. The Bertz CT molecular complexity index is 684. The number of aryl methyl sites for hydroxylation is 1. The monoisotopic (exact) mass is 330 g/mol. The van der Waals surface area contributed by atoms with Gasteiger partial charge in [-0.25, -0.2) is 0 Å². The van der Waals surface area contributed by atoms with E-state index < -0.39 is 0 Å². The number of aromatic nitrogens is 2. The molecule has 0 amide bonds. The first-order chi connectivity index (χ1) is 9.69. The summed E-state index contributed by atoms with van der Waals surface area (Å²) in [5, 5.41) is 16.8. The van der Waals surface area contributed by atoms with Crippen molar-refractivity contribution in [1.29, 1.82) is 5.26 Å². The van der Waals surface area contributed by atoms with Crippen LogP contribution in [-0.4, -0.2) is 9.78 Å². The first-order valence-corrected chi connectivity index (χ1v) is 7.45. The second-order valence-corrected chi connectivity index (χ2v) is 5.92. The summed E-state index contributed by atoms with van der Waals surface area (Å²) in [5.74, 6) is 0. The van der Waals surface area contributed by atoms with Crippen molar-refractivity contribution in [3.8, 4) is 6.07 Å². The highest BCUT2D eigenvalue weighted by atomic mass is 79.9. The van der Waals surface area contributed by atoms with Crippen LogP contribution in [-0.2, 0) is 13.5 Å². The second-order valence-electron chi connectivity index (χ2n) is 5.07. The first-order valence-electron chi connectivity index (χ1n) is 6.66. The lowest BCUT2D eigenvalue weighted by Crippen LogP contribution is -2.18. The predicted molar refractivity (Wildman–Crippen MR) is 81.4 cm³/mol. The molecule has 0 saturated heterocycles. The van der Waals surface area contributed by atoms with Crippen LogP contribution in [0.15, 0.2) is 28.9 Å². The molecule has 0 fully saturated rings. The highest BCUT2D eigenvalue weighted by Gasteiger charge is 2.23. The fourth-order valence-corrected chi connectivity index (χ4v) is 3.24. The Kier molecular flexibility index (Phi) is 3.49. The number of nitrogens with zero attached hydrogens (tertiary/aromatic N) is 3. The van der Waals surface area contributed by atoms with Crippen molar-refractivity contribution in [2.24, 2.45) is 7.05 Å². The predicted octanol–water partition coefficient (Wildman–Crippen LogP) is 3.54. The van der Waals surface area contributed by atoms with Gasteiger partial charge in [-0.15, -0.1) is 0 Å². The van der Waals surface area contributed by atoms with E-state index in [1.807, 2.05) is 36.1 Å². The molecule has 1 heterocycles. The van der Waals surface area contributed by atoms with E-state index in [4.69, 9.17) is 5.26 Å². The molecule has 0 bridgehead atoms. The van der Waals surface area contributed by atoms with Gasteiger partial charge in [0.2, 0.25) is 0 Å². The fourth-order valence-electron chi connectivity index (χ4n) is 2.75. The molecule has 1 aromatic heterocycles. The molecular weight excluding hydrogens is 316 g/mol. The van der Waals surface area contributed by atoms with Crippen LogP contribution < -0.4 is 5.32 Å². The van der Waals surface area contributed by atoms with Crippen molar-refractivity contribution in [2.75, 3.05) is 5.32 Å². The Morgan fingerprint density at radius 2 is 2.35 bits per heavy atom. The van der Waals surface area contributed by atoms with Gasteiger partial charge in [0, 0.05) is 28.5 Å². The minimum Gasteiger partial charge on any atom is -0.377 e. The molecule has 0 saturated carbocycles. The summed E-state index contributed by atoms with van der Waals surface area (Å²) in [6.07, 6.45) is 5.32. The van der Waals surface area contributed by atoms with Crippen LogP contribution in [0.1, 0.15) is 35.7 Å². The molecule has 1 aromatic carbocycles. The fraction of sp³-hybridized carbons (Fsp3) is 0.333. The Hall–Kier alpha value is -1.80. The van der Waals surface area contributed by atoms with Gasteiger partial charge in [-0.2, -0.15) is 10.4 Å². The zero-order chi connectivity index (χ0) is 14.1. The molecule has 0 radical (unpaired) electrons. The minimum absolute atomic E-state index is 0.289. The number of benzene rings is 1. The van der Waals surface area contributed by atoms with Crippen LogP contribution in [0.4, 0.5) is 5.69 Å². The summed E-state index contributed by atoms with van der Waals surface area (Å²) >= 11 is 3.53. The molecule has 102 valence electrons. The lowest BCUT2D eigenvalue weighted by molar-refractivity contribution is 0.571. The largest absolute Gasteiger partial charge is 0.377 e. The van der Waals surface area contributed by atoms with Crippen molar-refractivity contribution in [3.05, 3.63) is 45.7 Å². The molecule has 1 aliphatic rings. The van der Waals surface area contributed by atoms with Gasteiger partial charge in [-0.1, -0.05) is 0 Å². The van der Waals surface area contributed by atoms with Crippen molar-refractivity contribution < 1.29 is 0 Å². The summed E-state index contributed by atoms with van der Waals surface area (Å²) in [7, 11) is 2.00. The Morgan fingerprint density at radius 3 is 3.10 bits per heavy atom. The van der Waals surface area contributed by atoms with Crippen molar-refractivity contribution in [3.63, 3.8) is 0 Å². The Morgan fingerprint density at radius 1 is 1.50 bits per heavy atom. The lowest BCUT2D eigenvalue weighted by Gasteiger charge is -2.25. The van der Waals surface area contributed by atoms with Gasteiger partial charge in [-0.05, 0) is 53.4 Å². The molecule has 3 rings (SSSR count). The summed E-state index contributed by atoms with van der Waals surface area (Å²) in [6.45, 7) is 0. The minimum atomic E-state index is 0.289. The summed E-state index contributed by atoms with van der Waals surface area (Å²) in [4.78, 5) is 0. The smallest absolute Gasteiger partial charge is 0.0992 e. The van der Waals surface area contributed by atoms with E-state index in [0.29, 0.717) is 5.56 Å². The van der Waals surface area contributed by atoms with E-state index in [1.165, 1.54) is 11.3 Å². The quantitative estimate of drug-likeness (QED) is 0.916. The zero-order valence-corrected chi connectivity index (χ0v) is 12.8. The third kappa shape index (κ3) is 2.32. The van der Waals surface area contributed by atoms with Crippen molar-refractivity contribution >= 4 is 21.6 Å². The van der Waals surface area contributed by atoms with E-state index in [9.17, 15) is 0 Å². The third-order valence-corrected chi connectivity index (χ3v) is 4.46. The number of fused-ring (bicyclic) bond motifs is 1. The number of nitrogens with one attached hydrogen (secondary N) is 1. The average molecular weight is 331 g/mol. The number of rotatable bonds is 2. The number of halogens is 1. The highest BCUT2D eigenvalue weighted by molar-refractivity contribution is 9.10. The second kappa shape index (κ2) is 5.29. The number of hydrogen-bond acceptors (Lipinski definition) is 3. The number of hydrogen-bond donors (Lipinski definition) is 1. The summed E-state index contributed by atoms with van der Waals surface area (Å²) in [6, 6.07) is 8.06. The van der Waals surface area contributed by atoms with Gasteiger partial charge in [0.25, 0.3) is 0 Å². The van der Waals surface area contributed by atoms with Crippen LogP contribution in [0.3, 0.4) is 0 Å².